The quantitative estimate of drug-likeness (QED) is 0.0157. The molecule has 0 radical (unpaired) electrons. The summed E-state index contributed by atoms with van der Waals surface area (Å²) in [7, 11) is 0. The molecule has 2 aliphatic carbocycles. The summed E-state index contributed by atoms with van der Waals surface area (Å²) in [6.45, 7) is 26.3. The Morgan fingerprint density at radius 1 is 0.486 bits per heavy atom. The normalized spacial score (nSPS) is 18.5. The molecule has 4 saturated heterocycles. The first-order valence-corrected chi connectivity index (χ1v) is 53.2. The van der Waals surface area contributed by atoms with Crippen molar-refractivity contribution in [2.75, 3.05) is 52.6 Å². The number of imide groups is 6. The number of unbranched alkanes of at least 4 members (excludes halogenated alkanes) is 10. The Morgan fingerprint density at radius 2 is 0.919 bits per heavy atom. The fourth-order valence-corrected chi connectivity index (χ4v) is 20.2. The SMILES string of the molecule is CC(C)(C)OC(=O)N1C(=O)C(N2C(=O)c3cccc(OCCCCCCCCN)c3C2=O)CC2(CC2)C1=O.CCC(C)(C)C(=O)C(=O)N1CCCCC1C(=O)C[C@H](CCc1ccc(C)c(C)c1)c1cccc(OCC(=O)NCCCCCCCCOc2cccc3c2C(=O)N(C2CC4(CC4)C(=O)NC2=O)C3=O)c1.CCC(C)(C)C(=O)C(=O)N1CCCCC1C(=O)C[C@H](CCc1ccc(C)c(C)c1)c1cccc(OCC(=O)O)c1. The van der Waals surface area contributed by atoms with Crippen molar-refractivity contribution in [3.63, 3.8) is 0 Å². The van der Waals surface area contributed by atoms with Crippen LogP contribution >= 0.6 is 0 Å². The number of carboxylic acids is 1. The van der Waals surface area contributed by atoms with Gasteiger partial charge < -0.3 is 49.6 Å². The molecule has 0 aromatic heterocycles. The largest absolute Gasteiger partial charge is 0.493 e. The standard InChI is InChI=1S/C56H70N4O10.C33H43NO6.C28H37N3O7/c1-6-55(4,5)49(63)53(67)59-29-13-11-20-43(59)45(61)33-40(25-24-38-23-22-36(2)37(3)31-38)39-17-15-18-41(32-39)70-35-47(62)57-28-12-9-7-8-10-14-30-69-46-21-16-19-42-48(46)52(66)60(51(42)65)44-34-56(26-27-56)54(68)58-50(44)64;1-6-33(4,5)31(38)32(39)34-17-8-7-12-28(34)29(35)20-26(16-15-24-14-13-22(2)23(3)18-24)25-10-9-11-27(19-25)40-21-30(36)37;1-27(2,3)38-26(36)31-23(33)19(17-28(13-14-28)25(31)35)30-22(32)18-11-10-12-20(21(18)24(30)34)37-16-9-7-5-4-6-8-15-29/h15-19,21-23,31-32,40,43-44H,6-14,20,24-30,33-35H2,1-5H3,(H,57,62)(H,58,64,68);9-11,13-14,18-19,26,28H,6-8,12,15-17,20-21H2,1-5H3,(H,36,37);10-12,19H,4-9,13-17,29H2,1-3H3/t40-,43?,44?;26-,28?;/m00./s1. The molecule has 8 aliphatic rings. The van der Waals surface area contributed by atoms with Gasteiger partial charge >= 0.3 is 12.1 Å². The van der Waals surface area contributed by atoms with Gasteiger partial charge in [0.05, 0.1) is 58.4 Å². The third-order valence-electron chi connectivity index (χ3n) is 30.7. The molecule has 14 rings (SSSR count). The van der Waals surface area contributed by atoms with E-state index in [0.29, 0.717) is 126 Å². The van der Waals surface area contributed by atoms with E-state index < -0.39 is 135 Å². The molecule has 796 valence electrons. The lowest BCUT2D eigenvalue weighted by Crippen LogP contribution is -2.61. The number of ketones is 4. The second-order valence-electron chi connectivity index (χ2n) is 43.6. The first-order valence-electron chi connectivity index (χ1n) is 53.2. The molecular formula is C117H150N8O23. The van der Waals surface area contributed by atoms with Gasteiger partial charge in [0.1, 0.15) is 40.7 Å². The molecule has 5 N–H and O–H groups in total. The summed E-state index contributed by atoms with van der Waals surface area (Å²) >= 11 is 0. The first kappa shape index (κ1) is 114. The van der Waals surface area contributed by atoms with Crippen LogP contribution in [0.5, 0.6) is 23.0 Å². The van der Waals surface area contributed by atoms with E-state index in [1.807, 2.05) is 44.2 Å². The number of carbonyl (C=O) groups is 17. The number of nitrogens with zero attached hydrogens (tertiary/aromatic N) is 5. The Balaban J connectivity index is 0.000000212. The molecule has 31 nitrogen and oxygen atoms in total. The van der Waals surface area contributed by atoms with Crippen LogP contribution in [0.15, 0.2) is 121 Å². The number of benzene rings is 6. The molecule has 0 bridgehead atoms. The number of aryl methyl sites for hydroxylation is 6. The minimum absolute atomic E-state index is 0.00419. The van der Waals surface area contributed by atoms with E-state index in [0.717, 1.165) is 137 Å². The van der Waals surface area contributed by atoms with E-state index in [1.54, 1.807) is 97.0 Å². The van der Waals surface area contributed by atoms with Gasteiger partial charge in [0.2, 0.25) is 29.3 Å². The van der Waals surface area contributed by atoms with E-state index in [-0.39, 0.29) is 95.5 Å². The number of piperidine rings is 4. The van der Waals surface area contributed by atoms with E-state index in [2.05, 4.69) is 74.7 Å². The minimum atomic E-state index is -1.28. The zero-order valence-electron chi connectivity index (χ0n) is 88.5. The lowest BCUT2D eigenvalue weighted by Gasteiger charge is -2.38. The van der Waals surface area contributed by atoms with E-state index in [1.165, 1.54) is 49.2 Å². The number of aliphatic carboxylic acids is 1. The summed E-state index contributed by atoms with van der Waals surface area (Å²) in [6, 6.07) is 33.7. The highest BCUT2D eigenvalue weighted by molar-refractivity contribution is 6.39. The highest BCUT2D eigenvalue weighted by Crippen LogP contribution is 2.56. The van der Waals surface area contributed by atoms with Crippen molar-refractivity contribution in [3.05, 3.63) is 188 Å². The zero-order valence-corrected chi connectivity index (χ0v) is 88.5. The molecule has 2 spiro atoms. The van der Waals surface area contributed by atoms with Gasteiger partial charge in [0, 0.05) is 43.3 Å². The maximum Gasteiger partial charge on any atom is 0.424 e. The number of nitrogens with one attached hydrogen (secondary N) is 2. The van der Waals surface area contributed by atoms with Crippen molar-refractivity contribution in [1.82, 2.24) is 35.1 Å². The Morgan fingerprint density at radius 3 is 1.36 bits per heavy atom. The number of nitrogens with two attached hydrogens (primary N) is 1. The summed E-state index contributed by atoms with van der Waals surface area (Å²) < 4.78 is 28.6. The van der Waals surface area contributed by atoms with Crippen molar-refractivity contribution in [2.45, 2.75) is 337 Å². The number of hydrogen-bond acceptors (Lipinski definition) is 23. The van der Waals surface area contributed by atoms with Crippen molar-refractivity contribution in [2.24, 2.45) is 27.4 Å². The Kier molecular flexibility index (Phi) is 39.1. The third-order valence-corrected chi connectivity index (χ3v) is 30.7. The van der Waals surface area contributed by atoms with E-state index >= 15 is 0 Å². The van der Waals surface area contributed by atoms with Crippen LogP contribution in [0.3, 0.4) is 0 Å². The van der Waals surface area contributed by atoms with Gasteiger partial charge in [-0.2, -0.15) is 4.90 Å². The molecule has 6 heterocycles. The summed E-state index contributed by atoms with van der Waals surface area (Å²) in [6.07, 6.45) is 21.3. The Labute approximate surface area is 869 Å². The van der Waals surface area contributed by atoms with Crippen LogP contribution in [0, 0.1) is 49.4 Å². The smallest absolute Gasteiger partial charge is 0.424 e. The van der Waals surface area contributed by atoms with Crippen LogP contribution in [0.4, 0.5) is 4.79 Å². The molecule has 6 atom stereocenters. The molecule has 2 saturated carbocycles. The van der Waals surface area contributed by atoms with Gasteiger partial charge in [-0.3, -0.25) is 87.0 Å². The highest BCUT2D eigenvalue weighted by atomic mass is 16.6. The lowest BCUT2D eigenvalue weighted by molar-refractivity contribution is -0.155. The molecule has 6 aliphatic heterocycles. The van der Waals surface area contributed by atoms with Gasteiger partial charge in [0.15, 0.2) is 24.8 Å². The van der Waals surface area contributed by atoms with Gasteiger partial charge in [-0.1, -0.05) is 166 Å². The summed E-state index contributed by atoms with van der Waals surface area (Å²) in [5.41, 5.74) is 11.0. The molecule has 12 amide bonds. The maximum atomic E-state index is 14.2. The maximum absolute atomic E-state index is 14.2. The van der Waals surface area contributed by atoms with Crippen molar-refractivity contribution in [3.8, 4) is 23.0 Å². The summed E-state index contributed by atoms with van der Waals surface area (Å²) in [5, 5.41) is 14.3. The molecule has 6 fully saturated rings. The van der Waals surface area contributed by atoms with Crippen LogP contribution in [-0.4, -0.2) is 212 Å². The second-order valence-corrected chi connectivity index (χ2v) is 43.6. The topological polar surface area (TPSA) is 423 Å². The average Bonchev–Trinajstić information content (AvgIpc) is 1.57. The van der Waals surface area contributed by atoms with Crippen molar-refractivity contribution >= 4 is 100 Å². The number of hydrogen-bond donors (Lipinski definition) is 4. The second kappa shape index (κ2) is 50.9. The Hall–Kier alpha value is -12.9. The number of ether oxygens (including phenoxy) is 5. The lowest BCUT2D eigenvalue weighted by atomic mass is 9.82. The predicted molar refractivity (Wildman–Crippen MR) is 555 cm³/mol. The van der Waals surface area contributed by atoms with Gasteiger partial charge in [-0.25, -0.2) is 9.59 Å². The highest BCUT2D eigenvalue weighted by Gasteiger charge is 2.64. The predicted octanol–water partition coefficient (Wildman–Crippen LogP) is 17.7. The van der Waals surface area contributed by atoms with Crippen LogP contribution in [0.25, 0.3) is 0 Å². The van der Waals surface area contributed by atoms with E-state index in [9.17, 15) is 81.5 Å². The first-order chi connectivity index (χ1) is 70.5. The monoisotopic (exact) mass is 2040 g/mol. The number of carboxylic acid groups (broad SMARTS) is 1. The molecular weight excluding hydrogens is 1890 g/mol. The molecule has 4 unspecified atom stereocenters. The fourth-order valence-electron chi connectivity index (χ4n) is 20.2. The minimum Gasteiger partial charge on any atom is -0.493 e. The number of Topliss-reactive ketones (excluding diaryl/α,β-unsaturated/α-hetero) is 4. The van der Waals surface area contributed by atoms with Crippen LogP contribution < -0.4 is 35.3 Å². The average molecular weight is 2040 g/mol. The number of carbonyl (C=O) groups excluding carboxylic acids is 16. The number of rotatable bonds is 47. The van der Waals surface area contributed by atoms with Gasteiger partial charge in [0.25, 0.3) is 47.3 Å². The van der Waals surface area contributed by atoms with Crippen LogP contribution in [0.1, 0.15) is 353 Å². The summed E-state index contributed by atoms with van der Waals surface area (Å²) in [5.74, 6) is -7.09. The fraction of sp³-hybridized carbons (Fsp3) is 0.547. The number of fused-ring (bicyclic) bond motifs is 2. The van der Waals surface area contributed by atoms with Crippen molar-refractivity contribution in [1.29, 1.82) is 0 Å². The van der Waals surface area contributed by atoms with Gasteiger partial charge in [-0.15, -0.1) is 0 Å². The van der Waals surface area contributed by atoms with Crippen LogP contribution in [-0.2, 0) is 75.1 Å². The Bertz CT molecular complexity index is 5940. The molecule has 148 heavy (non-hydrogen) atoms. The number of likely N-dealkylation sites (tertiary alicyclic amines) is 3. The van der Waals surface area contributed by atoms with Crippen molar-refractivity contribution < 1.29 is 110 Å². The van der Waals surface area contributed by atoms with Gasteiger partial charge in [-0.05, 0) is 301 Å². The summed E-state index contributed by atoms with van der Waals surface area (Å²) in [4.78, 5) is 229. The third kappa shape index (κ3) is 28.6. The van der Waals surface area contributed by atoms with Crippen LogP contribution in [0.2, 0.25) is 0 Å². The number of amides is 12. The molecule has 31 heteroatoms. The molecule has 6 aromatic rings. The van der Waals surface area contributed by atoms with E-state index in [4.69, 9.17) is 34.5 Å². The molecule has 6 aromatic carbocycles. The zero-order chi connectivity index (χ0) is 107.